The van der Waals surface area contributed by atoms with Gasteiger partial charge >= 0.3 is 5.97 Å². The first kappa shape index (κ1) is 12.4. The molecule has 0 spiro atoms. The molecule has 0 saturated carbocycles. The van der Waals surface area contributed by atoms with Crippen LogP contribution >= 0.6 is 0 Å². The summed E-state index contributed by atoms with van der Waals surface area (Å²) in [4.78, 5) is 16.0. The van der Waals surface area contributed by atoms with Gasteiger partial charge in [-0.3, -0.25) is 4.79 Å². The molecule has 1 atom stereocenters. The molecule has 96 valence electrons. The number of rotatable bonds is 4. The minimum atomic E-state index is -0.987. The molecular formula is C13H17N3O2. The Kier molecular flexibility index (Phi) is 3.25. The van der Waals surface area contributed by atoms with E-state index < -0.39 is 12.0 Å². The molecule has 0 aliphatic carbocycles. The number of benzene rings is 1. The predicted octanol–water partition coefficient (Wildman–Crippen LogP) is 1.32. The molecule has 1 aromatic heterocycles. The van der Waals surface area contributed by atoms with E-state index in [2.05, 4.69) is 4.98 Å². The largest absolute Gasteiger partial charge is 0.480 e. The van der Waals surface area contributed by atoms with E-state index in [1.54, 1.807) is 0 Å². The zero-order chi connectivity index (χ0) is 13.3. The van der Waals surface area contributed by atoms with E-state index in [0.717, 1.165) is 22.3 Å². The number of hydrogen-bond donors (Lipinski definition) is 3. The number of anilines is 1. The summed E-state index contributed by atoms with van der Waals surface area (Å²) in [6, 6.07) is 7.05. The summed E-state index contributed by atoms with van der Waals surface area (Å²) in [5, 5.41) is 9.93. The predicted molar refractivity (Wildman–Crippen MR) is 71.9 cm³/mol. The number of carbonyl (C=O) groups is 1. The van der Waals surface area contributed by atoms with Gasteiger partial charge in [0.25, 0.3) is 0 Å². The fourth-order valence-corrected chi connectivity index (χ4v) is 2.22. The summed E-state index contributed by atoms with van der Waals surface area (Å²) in [6.07, 6.45) is 0. The van der Waals surface area contributed by atoms with Crippen molar-refractivity contribution in [3.8, 4) is 0 Å². The molecule has 0 bridgehead atoms. The van der Waals surface area contributed by atoms with Crippen LogP contribution in [0.5, 0.6) is 0 Å². The summed E-state index contributed by atoms with van der Waals surface area (Å²) < 4.78 is 0. The number of aromatic nitrogens is 1. The van der Waals surface area contributed by atoms with E-state index >= 15 is 0 Å². The van der Waals surface area contributed by atoms with Gasteiger partial charge in [-0.1, -0.05) is 18.2 Å². The first-order valence-corrected chi connectivity index (χ1v) is 5.77. The smallest absolute Gasteiger partial charge is 0.322 e. The Morgan fingerprint density at radius 1 is 1.50 bits per heavy atom. The highest BCUT2D eigenvalue weighted by molar-refractivity contribution is 5.94. The monoisotopic (exact) mass is 247 g/mol. The molecule has 0 amide bonds. The van der Waals surface area contributed by atoms with E-state index in [4.69, 9.17) is 10.8 Å². The van der Waals surface area contributed by atoms with E-state index in [1.165, 1.54) is 0 Å². The second kappa shape index (κ2) is 4.70. The Labute approximate surface area is 105 Å². The van der Waals surface area contributed by atoms with Crippen LogP contribution in [0.3, 0.4) is 0 Å². The molecule has 4 N–H and O–H groups in total. The van der Waals surface area contributed by atoms with Crippen LogP contribution in [-0.4, -0.2) is 35.7 Å². The van der Waals surface area contributed by atoms with E-state index in [9.17, 15) is 4.79 Å². The number of aryl methyl sites for hydroxylation is 1. The van der Waals surface area contributed by atoms with Gasteiger partial charge in [-0.05, 0) is 13.0 Å². The summed E-state index contributed by atoms with van der Waals surface area (Å²) in [6.45, 7) is 2.25. The van der Waals surface area contributed by atoms with Crippen LogP contribution in [0.25, 0.3) is 10.9 Å². The van der Waals surface area contributed by atoms with Gasteiger partial charge in [0.1, 0.15) is 6.04 Å². The quantitative estimate of drug-likeness (QED) is 0.761. The Hall–Kier alpha value is -2.01. The minimum absolute atomic E-state index is 0.276. The van der Waals surface area contributed by atoms with Crippen molar-refractivity contribution < 1.29 is 9.90 Å². The lowest BCUT2D eigenvalue weighted by Crippen LogP contribution is -2.41. The minimum Gasteiger partial charge on any atom is -0.480 e. The number of nitrogens with zero attached hydrogens (tertiary/aromatic N) is 1. The maximum Gasteiger partial charge on any atom is 0.322 e. The van der Waals surface area contributed by atoms with Crippen molar-refractivity contribution in [3.05, 3.63) is 30.0 Å². The number of aliphatic carboxylic acids is 1. The number of likely N-dealkylation sites (N-methyl/N-ethyl adjacent to an activating group) is 1. The van der Waals surface area contributed by atoms with Gasteiger partial charge in [0.05, 0.1) is 5.69 Å². The third kappa shape index (κ3) is 2.17. The van der Waals surface area contributed by atoms with Crippen molar-refractivity contribution in [2.45, 2.75) is 13.0 Å². The van der Waals surface area contributed by atoms with E-state index in [1.807, 2.05) is 43.1 Å². The van der Waals surface area contributed by atoms with Gasteiger partial charge in [-0.25, -0.2) is 0 Å². The first-order valence-electron chi connectivity index (χ1n) is 5.77. The number of H-pyrrole nitrogens is 1. The molecular weight excluding hydrogens is 230 g/mol. The summed E-state index contributed by atoms with van der Waals surface area (Å²) >= 11 is 0. The maximum atomic E-state index is 10.8. The number of para-hydroxylation sites is 1. The fourth-order valence-electron chi connectivity index (χ4n) is 2.22. The average molecular weight is 247 g/mol. The number of nitrogens with one attached hydrogen (secondary N) is 1. The number of carboxylic acid groups (broad SMARTS) is 1. The van der Waals surface area contributed by atoms with Crippen molar-refractivity contribution >= 4 is 22.6 Å². The van der Waals surface area contributed by atoms with Crippen LogP contribution in [0.15, 0.2) is 24.3 Å². The molecule has 18 heavy (non-hydrogen) atoms. The lowest BCUT2D eigenvalue weighted by atomic mass is 10.2. The van der Waals surface area contributed by atoms with Crippen molar-refractivity contribution in [1.29, 1.82) is 0 Å². The zero-order valence-electron chi connectivity index (χ0n) is 10.5. The molecule has 2 aromatic rings. The summed E-state index contributed by atoms with van der Waals surface area (Å²) in [5.41, 5.74) is 8.62. The molecule has 2 rings (SSSR count). The standard InChI is InChI=1S/C13H17N3O2/c1-8-12(16(2)7-10(14)13(17)18)9-5-3-4-6-11(9)15-8/h3-6,10,15H,7,14H2,1-2H3,(H,17,18). The highest BCUT2D eigenvalue weighted by Gasteiger charge is 2.18. The van der Waals surface area contributed by atoms with E-state index in [0.29, 0.717) is 0 Å². The second-order valence-corrected chi connectivity index (χ2v) is 4.47. The highest BCUT2D eigenvalue weighted by atomic mass is 16.4. The number of nitrogens with two attached hydrogens (primary N) is 1. The Balaban J connectivity index is 2.35. The number of carboxylic acids is 1. The second-order valence-electron chi connectivity index (χ2n) is 4.47. The van der Waals surface area contributed by atoms with E-state index in [-0.39, 0.29) is 6.54 Å². The van der Waals surface area contributed by atoms with Crippen LogP contribution in [-0.2, 0) is 4.79 Å². The molecule has 1 unspecified atom stereocenters. The lowest BCUT2D eigenvalue weighted by molar-refractivity contribution is -0.138. The average Bonchev–Trinajstić information content (AvgIpc) is 2.64. The third-order valence-electron chi connectivity index (χ3n) is 3.03. The molecule has 0 aliphatic heterocycles. The summed E-state index contributed by atoms with van der Waals surface area (Å²) in [5.74, 6) is -0.987. The highest BCUT2D eigenvalue weighted by Crippen LogP contribution is 2.29. The van der Waals surface area contributed by atoms with Crippen LogP contribution < -0.4 is 10.6 Å². The molecule has 0 fully saturated rings. The van der Waals surface area contributed by atoms with Gasteiger partial charge in [0.2, 0.25) is 0 Å². The number of hydrogen-bond acceptors (Lipinski definition) is 3. The molecule has 1 heterocycles. The Morgan fingerprint density at radius 3 is 2.83 bits per heavy atom. The Morgan fingerprint density at radius 2 is 2.17 bits per heavy atom. The van der Waals surface area contributed by atoms with Crippen LogP contribution in [0.1, 0.15) is 5.69 Å². The van der Waals surface area contributed by atoms with Gasteiger partial charge in [-0.15, -0.1) is 0 Å². The number of fused-ring (bicyclic) bond motifs is 1. The molecule has 5 heteroatoms. The van der Waals surface area contributed by atoms with Gasteiger partial charge in [0.15, 0.2) is 0 Å². The number of aromatic amines is 1. The molecule has 5 nitrogen and oxygen atoms in total. The molecule has 1 aromatic carbocycles. The van der Waals surface area contributed by atoms with Crippen molar-refractivity contribution in [2.75, 3.05) is 18.5 Å². The van der Waals surface area contributed by atoms with Crippen LogP contribution in [0, 0.1) is 6.92 Å². The van der Waals surface area contributed by atoms with Crippen LogP contribution in [0.2, 0.25) is 0 Å². The van der Waals surface area contributed by atoms with Gasteiger partial charge < -0.3 is 20.7 Å². The SMILES string of the molecule is Cc1[nH]c2ccccc2c1N(C)CC(N)C(=O)O. The molecule has 0 aliphatic rings. The lowest BCUT2D eigenvalue weighted by Gasteiger charge is -2.21. The normalized spacial score (nSPS) is 12.6. The van der Waals surface area contributed by atoms with Crippen LogP contribution in [0.4, 0.5) is 5.69 Å². The molecule has 0 saturated heterocycles. The fraction of sp³-hybridized carbons (Fsp3) is 0.308. The first-order chi connectivity index (χ1) is 8.50. The van der Waals surface area contributed by atoms with Crippen molar-refractivity contribution in [2.24, 2.45) is 5.73 Å². The van der Waals surface area contributed by atoms with Crippen molar-refractivity contribution in [3.63, 3.8) is 0 Å². The van der Waals surface area contributed by atoms with Gasteiger partial charge in [0, 0.05) is 30.2 Å². The topological polar surface area (TPSA) is 82.3 Å². The molecule has 0 radical (unpaired) electrons. The Bertz CT molecular complexity index is 577. The zero-order valence-corrected chi connectivity index (χ0v) is 10.5. The summed E-state index contributed by atoms with van der Waals surface area (Å²) in [7, 11) is 1.85. The van der Waals surface area contributed by atoms with Gasteiger partial charge in [-0.2, -0.15) is 0 Å². The maximum absolute atomic E-state index is 10.8. The van der Waals surface area contributed by atoms with Crippen molar-refractivity contribution in [1.82, 2.24) is 4.98 Å². The third-order valence-corrected chi connectivity index (χ3v) is 3.03.